The standard InChI is InChI=1S/C17H18N2O3.C2H2O4/c20-17(19-13-6-2-1-3-7-13)11-18-10-14-12-21-15-8-4-5-9-16(15)22-14;3-1(4)2(5)6/h1-9,14,18H,10-12H2,(H,19,20);(H,3,4)(H,5,6). The Bertz CT molecular complexity index is 799. The first-order chi connectivity index (χ1) is 13.5. The third kappa shape index (κ3) is 6.96. The molecule has 1 amide bonds. The van der Waals surface area contributed by atoms with Crippen molar-refractivity contribution in [3.8, 4) is 11.5 Å². The van der Waals surface area contributed by atoms with E-state index in [1.165, 1.54) is 0 Å². The molecule has 0 saturated heterocycles. The number of hydrogen-bond acceptors (Lipinski definition) is 6. The molecule has 1 unspecified atom stereocenters. The number of ether oxygens (including phenoxy) is 2. The van der Waals surface area contributed by atoms with Gasteiger partial charge in [0.05, 0.1) is 6.54 Å². The summed E-state index contributed by atoms with van der Waals surface area (Å²) in [7, 11) is 0. The summed E-state index contributed by atoms with van der Waals surface area (Å²) in [4.78, 5) is 30.0. The minimum Gasteiger partial charge on any atom is -0.486 e. The van der Waals surface area contributed by atoms with E-state index in [0.717, 1.165) is 17.2 Å². The Morgan fingerprint density at radius 3 is 2.18 bits per heavy atom. The van der Waals surface area contributed by atoms with Gasteiger partial charge in [-0.2, -0.15) is 0 Å². The first kappa shape index (κ1) is 20.7. The average Bonchev–Trinajstić information content (AvgIpc) is 2.69. The zero-order chi connectivity index (χ0) is 20.4. The number of benzene rings is 2. The summed E-state index contributed by atoms with van der Waals surface area (Å²) in [6.07, 6.45) is -0.0978. The normalized spacial score (nSPS) is 14.2. The lowest BCUT2D eigenvalue weighted by atomic mass is 10.2. The van der Waals surface area contributed by atoms with E-state index in [2.05, 4.69) is 10.6 Å². The van der Waals surface area contributed by atoms with Crippen LogP contribution in [0.4, 0.5) is 5.69 Å². The Labute approximate surface area is 160 Å². The molecule has 0 saturated carbocycles. The van der Waals surface area contributed by atoms with Crippen LogP contribution < -0.4 is 20.1 Å². The number of amides is 1. The van der Waals surface area contributed by atoms with Gasteiger partial charge in [0.2, 0.25) is 5.91 Å². The zero-order valence-corrected chi connectivity index (χ0v) is 14.8. The number of para-hydroxylation sites is 3. The lowest BCUT2D eigenvalue weighted by molar-refractivity contribution is -0.159. The second-order valence-corrected chi connectivity index (χ2v) is 5.65. The van der Waals surface area contributed by atoms with Crippen LogP contribution in [0.3, 0.4) is 0 Å². The van der Waals surface area contributed by atoms with Crippen LogP contribution in [0.25, 0.3) is 0 Å². The fraction of sp³-hybridized carbons (Fsp3) is 0.211. The second-order valence-electron chi connectivity index (χ2n) is 5.65. The molecule has 3 rings (SSSR count). The van der Waals surface area contributed by atoms with Crippen LogP contribution in [-0.2, 0) is 14.4 Å². The molecule has 0 aliphatic carbocycles. The fourth-order valence-corrected chi connectivity index (χ4v) is 2.24. The van der Waals surface area contributed by atoms with Crippen LogP contribution in [-0.4, -0.2) is 53.9 Å². The van der Waals surface area contributed by atoms with Crippen molar-refractivity contribution in [3.63, 3.8) is 0 Å². The summed E-state index contributed by atoms with van der Waals surface area (Å²) in [6, 6.07) is 17.0. The quantitative estimate of drug-likeness (QED) is 0.562. The number of hydrogen-bond donors (Lipinski definition) is 4. The third-order valence-electron chi connectivity index (χ3n) is 3.47. The Hall–Kier alpha value is -3.59. The molecule has 9 nitrogen and oxygen atoms in total. The molecule has 1 aliphatic heterocycles. The van der Waals surface area contributed by atoms with Crippen LogP contribution in [0.15, 0.2) is 54.6 Å². The van der Waals surface area contributed by atoms with Crippen molar-refractivity contribution < 1.29 is 34.1 Å². The molecule has 4 N–H and O–H groups in total. The van der Waals surface area contributed by atoms with E-state index in [1.807, 2.05) is 54.6 Å². The highest BCUT2D eigenvalue weighted by atomic mass is 16.6. The van der Waals surface area contributed by atoms with Gasteiger partial charge in [-0.25, -0.2) is 9.59 Å². The molecule has 28 heavy (non-hydrogen) atoms. The molecule has 2 aromatic carbocycles. The Kier molecular flexibility index (Phi) is 7.79. The largest absolute Gasteiger partial charge is 0.486 e. The van der Waals surface area contributed by atoms with Crippen LogP contribution in [0, 0.1) is 0 Å². The first-order valence-corrected chi connectivity index (χ1v) is 8.36. The van der Waals surface area contributed by atoms with Crippen molar-refractivity contribution in [3.05, 3.63) is 54.6 Å². The average molecular weight is 388 g/mol. The number of fused-ring (bicyclic) bond motifs is 1. The smallest absolute Gasteiger partial charge is 0.414 e. The summed E-state index contributed by atoms with van der Waals surface area (Å²) in [6.45, 7) is 1.26. The van der Waals surface area contributed by atoms with E-state index in [9.17, 15) is 4.79 Å². The maximum Gasteiger partial charge on any atom is 0.414 e. The van der Waals surface area contributed by atoms with Crippen molar-refractivity contribution in [2.24, 2.45) is 0 Å². The predicted molar refractivity (Wildman–Crippen MR) is 99.6 cm³/mol. The SMILES string of the molecule is O=C(CNCC1COc2ccccc2O1)Nc1ccccc1.O=C(O)C(=O)O. The predicted octanol–water partition coefficient (Wildman–Crippen LogP) is 1.21. The van der Waals surface area contributed by atoms with Gasteiger partial charge < -0.3 is 30.3 Å². The molecule has 0 spiro atoms. The molecular formula is C19H20N2O7. The molecule has 1 heterocycles. The van der Waals surface area contributed by atoms with E-state index in [0.29, 0.717) is 13.2 Å². The number of rotatable bonds is 5. The second kappa shape index (κ2) is 10.5. The molecule has 148 valence electrons. The monoisotopic (exact) mass is 388 g/mol. The first-order valence-electron chi connectivity index (χ1n) is 8.36. The summed E-state index contributed by atoms with van der Waals surface area (Å²) in [5.74, 6) is -2.22. The number of carbonyl (C=O) groups excluding carboxylic acids is 1. The van der Waals surface area contributed by atoms with E-state index < -0.39 is 11.9 Å². The van der Waals surface area contributed by atoms with Gasteiger partial charge in [0, 0.05) is 12.2 Å². The van der Waals surface area contributed by atoms with Crippen LogP contribution >= 0.6 is 0 Å². The van der Waals surface area contributed by atoms with Crippen molar-refractivity contribution in [1.29, 1.82) is 0 Å². The Morgan fingerprint density at radius 2 is 1.54 bits per heavy atom. The molecule has 2 aromatic rings. The minimum atomic E-state index is -1.82. The van der Waals surface area contributed by atoms with Gasteiger partial charge in [0.15, 0.2) is 11.5 Å². The number of aliphatic carboxylic acids is 2. The Morgan fingerprint density at radius 1 is 0.929 bits per heavy atom. The highest BCUT2D eigenvalue weighted by Crippen LogP contribution is 2.30. The molecule has 0 radical (unpaired) electrons. The number of carboxylic acids is 2. The third-order valence-corrected chi connectivity index (χ3v) is 3.47. The number of nitrogens with one attached hydrogen (secondary N) is 2. The summed E-state index contributed by atoms with van der Waals surface area (Å²) < 4.78 is 11.4. The summed E-state index contributed by atoms with van der Waals surface area (Å²) in [5, 5.41) is 20.7. The van der Waals surface area contributed by atoms with E-state index in [4.69, 9.17) is 29.3 Å². The summed E-state index contributed by atoms with van der Waals surface area (Å²) in [5.41, 5.74) is 0.792. The Balaban J connectivity index is 0.000000409. The van der Waals surface area contributed by atoms with E-state index in [-0.39, 0.29) is 18.6 Å². The van der Waals surface area contributed by atoms with E-state index in [1.54, 1.807) is 0 Å². The van der Waals surface area contributed by atoms with Gasteiger partial charge in [-0.05, 0) is 24.3 Å². The van der Waals surface area contributed by atoms with Gasteiger partial charge >= 0.3 is 11.9 Å². The molecule has 0 aromatic heterocycles. The van der Waals surface area contributed by atoms with Crippen molar-refractivity contribution in [2.45, 2.75) is 6.10 Å². The van der Waals surface area contributed by atoms with Crippen molar-refractivity contribution in [1.82, 2.24) is 5.32 Å². The summed E-state index contributed by atoms with van der Waals surface area (Å²) >= 11 is 0. The molecule has 0 fully saturated rings. The molecule has 0 bridgehead atoms. The van der Waals surface area contributed by atoms with E-state index >= 15 is 0 Å². The number of carbonyl (C=O) groups is 3. The lowest BCUT2D eigenvalue weighted by Crippen LogP contribution is -2.41. The maximum atomic E-state index is 11.8. The maximum absolute atomic E-state index is 11.8. The van der Waals surface area contributed by atoms with Crippen LogP contribution in [0.2, 0.25) is 0 Å². The fourth-order valence-electron chi connectivity index (χ4n) is 2.24. The highest BCUT2D eigenvalue weighted by molar-refractivity contribution is 6.27. The highest BCUT2D eigenvalue weighted by Gasteiger charge is 2.20. The number of carboxylic acid groups (broad SMARTS) is 2. The zero-order valence-electron chi connectivity index (χ0n) is 14.8. The van der Waals surface area contributed by atoms with Crippen LogP contribution in [0.1, 0.15) is 0 Å². The van der Waals surface area contributed by atoms with Gasteiger partial charge in [0.1, 0.15) is 12.7 Å². The molecule has 9 heteroatoms. The molecular weight excluding hydrogens is 368 g/mol. The van der Waals surface area contributed by atoms with Crippen molar-refractivity contribution >= 4 is 23.5 Å². The van der Waals surface area contributed by atoms with Gasteiger partial charge in [-0.15, -0.1) is 0 Å². The lowest BCUT2D eigenvalue weighted by Gasteiger charge is -2.26. The minimum absolute atomic E-state index is 0.0803. The topological polar surface area (TPSA) is 134 Å². The molecule has 1 atom stereocenters. The van der Waals surface area contributed by atoms with Crippen molar-refractivity contribution in [2.75, 3.05) is 25.0 Å². The van der Waals surface area contributed by atoms with Gasteiger partial charge in [0.25, 0.3) is 0 Å². The molecule has 1 aliphatic rings. The van der Waals surface area contributed by atoms with Gasteiger partial charge in [-0.1, -0.05) is 30.3 Å². The number of anilines is 1. The van der Waals surface area contributed by atoms with Crippen LogP contribution in [0.5, 0.6) is 11.5 Å². The van der Waals surface area contributed by atoms with Gasteiger partial charge in [-0.3, -0.25) is 4.79 Å².